The van der Waals surface area contributed by atoms with Gasteiger partial charge in [0.05, 0.1) is 18.2 Å². The van der Waals surface area contributed by atoms with Gasteiger partial charge in [-0.15, -0.1) is 0 Å². The number of piperidine rings is 1. The summed E-state index contributed by atoms with van der Waals surface area (Å²) in [5.74, 6) is -1.78. The number of Topliss-reactive ketones (excluding diaryl/α,β-unsaturated/α-hetero) is 1. The molecule has 1 aliphatic rings. The van der Waals surface area contributed by atoms with E-state index in [9.17, 15) is 13.6 Å². The van der Waals surface area contributed by atoms with Crippen LogP contribution >= 0.6 is 0 Å². The Balaban J connectivity index is 1.94. The molecule has 0 spiro atoms. The minimum atomic E-state index is -0.795. The van der Waals surface area contributed by atoms with Gasteiger partial charge < -0.3 is 4.74 Å². The van der Waals surface area contributed by atoms with Gasteiger partial charge in [-0.05, 0) is 25.0 Å². The molecule has 1 fully saturated rings. The van der Waals surface area contributed by atoms with Crippen molar-refractivity contribution in [2.24, 2.45) is 0 Å². The van der Waals surface area contributed by atoms with Crippen LogP contribution in [0.4, 0.5) is 8.78 Å². The van der Waals surface area contributed by atoms with Gasteiger partial charge in [-0.3, -0.25) is 9.69 Å². The fourth-order valence-corrected chi connectivity index (χ4v) is 2.31. The van der Waals surface area contributed by atoms with Gasteiger partial charge in [0.25, 0.3) is 0 Å². The molecule has 2 rings (SSSR count). The topological polar surface area (TPSA) is 29.5 Å². The van der Waals surface area contributed by atoms with E-state index in [1.165, 1.54) is 6.07 Å². The van der Waals surface area contributed by atoms with Crippen LogP contribution in [0.1, 0.15) is 23.2 Å². The normalized spacial score (nSPS) is 17.6. The highest BCUT2D eigenvalue weighted by molar-refractivity contribution is 5.97. The van der Waals surface area contributed by atoms with Gasteiger partial charge in [-0.25, -0.2) is 8.78 Å². The van der Waals surface area contributed by atoms with E-state index in [0.717, 1.165) is 38.1 Å². The van der Waals surface area contributed by atoms with Gasteiger partial charge in [0.1, 0.15) is 11.6 Å². The largest absolute Gasteiger partial charge is 0.381 e. The van der Waals surface area contributed by atoms with E-state index in [1.54, 1.807) is 7.11 Å². The van der Waals surface area contributed by atoms with E-state index >= 15 is 0 Å². The molecular weight excluding hydrogens is 252 g/mol. The Hall–Kier alpha value is -1.33. The molecule has 0 saturated carbocycles. The maximum atomic E-state index is 13.5. The molecule has 1 aromatic rings. The van der Waals surface area contributed by atoms with Crippen LogP contribution in [0.5, 0.6) is 0 Å². The summed E-state index contributed by atoms with van der Waals surface area (Å²) in [5.41, 5.74) is -0.0461. The van der Waals surface area contributed by atoms with Crippen molar-refractivity contribution in [3.63, 3.8) is 0 Å². The number of benzene rings is 1. The van der Waals surface area contributed by atoms with Crippen LogP contribution < -0.4 is 0 Å². The Morgan fingerprint density at radius 2 is 2.05 bits per heavy atom. The summed E-state index contributed by atoms with van der Waals surface area (Å²) in [5, 5.41) is 0. The Bertz CT molecular complexity index is 457. The van der Waals surface area contributed by atoms with Gasteiger partial charge in [-0.2, -0.15) is 0 Å². The molecule has 0 bridgehead atoms. The first-order valence-corrected chi connectivity index (χ1v) is 6.33. The van der Waals surface area contributed by atoms with Crippen molar-refractivity contribution in [3.8, 4) is 0 Å². The minimum Gasteiger partial charge on any atom is -0.381 e. The molecule has 0 aliphatic carbocycles. The fraction of sp³-hybridized carbons (Fsp3) is 0.500. The van der Waals surface area contributed by atoms with Crippen molar-refractivity contribution < 1.29 is 18.3 Å². The molecule has 0 amide bonds. The molecule has 3 nitrogen and oxygen atoms in total. The van der Waals surface area contributed by atoms with E-state index in [4.69, 9.17) is 4.74 Å². The lowest BCUT2D eigenvalue weighted by molar-refractivity contribution is 0.0401. The number of carbonyl (C=O) groups excluding carboxylic acids is 1. The van der Waals surface area contributed by atoms with Crippen LogP contribution in [-0.2, 0) is 4.74 Å². The molecule has 0 N–H and O–H groups in total. The minimum absolute atomic E-state index is 0.0461. The number of ether oxygens (including phenoxy) is 1. The third-order valence-corrected chi connectivity index (χ3v) is 3.47. The highest BCUT2D eigenvalue weighted by Crippen LogP contribution is 2.15. The summed E-state index contributed by atoms with van der Waals surface area (Å²) < 4.78 is 31.5. The van der Waals surface area contributed by atoms with Crippen molar-refractivity contribution in [1.82, 2.24) is 4.90 Å². The summed E-state index contributed by atoms with van der Waals surface area (Å²) in [6.07, 6.45) is 1.99. The molecule has 1 aliphatic heterocycles. The third kappa shape index (κ3) is 3.58. The summed E-state index contributed by atoms with van der Waals surface area (Å²) in [7, 11) is 1.68. The number of likely N-dealkylation sites (tertiary alicyclic amines) is 1. The second kappa shape index (κ2) is 6.21. The third-order valence-electron chi connectivity index (χ3n) is 3.47. The standard InChI is InChI=1S/C14H17F2NO2/c1-19-11-4-6-17(7-5-11)9-14(18)12-3-2-10(15)8-13(12)16/h2-3,8,11H,4-7,9H2,1H3. The van der Waals surface area contributed by atoms with Crippen LogP contribution in [-0.4, -0.2) is 43.5 Å². The first kappa shape index (κ1) is 14.1. The fourth-order valence-electron chi connectivity index (χ4n) is 2.31. The summed E-state index contributed by atoms with van der Waals surface area (Å²) in [4.78, 5) is 13.9. The number of halogens is 2. The number of hydrogen-bond acceptors (Lipinski definition) is 3. The summed E-state index contributed by atoms with van der Waals surface area (Å²) in [6, 6.07) is 3.05. The van der Waals surface area contributed by atoms with Crippen molar-refractivity contribution >= 4 is 5.78 Å². The van der Waals surface area contributed by atoms with Crippen LogP contribution in [0.2, 0.25) is 0 Å². The number of ketones is 1. The molecule has 1 heterocycles. The summed E-state index contributed by atoms with van der Waals surface area (Å²) >= 11 is 0. The zero-order chi connectivity index (χ0) is 13.8. The lowest BCUT2D eigenvalue weighted by Gasteiger charge is -2.30. The Labute approximate surface area is 111 Å². The average Bonchev–Trinajstić information content (AvgIpc) is 2.39. The van der Waals surface area contributed by atoms with Crippen LogP contribution in [0.15, 0.2) is 18.2 Å². The average molecular weight is 269 g/mol. The first-order chi connectivity index (χ1) is 9.10. The monoisotopic (exact) mass is 269 g/mol. The second-order valence-corrected chi connectivity index (χ2v) is 4.76. The molecule has 0 atom stereocenters. The van der Waals surface area contributed by atoms with Gasteiger partial charge >= 0.3 is 0 Å². The van der Waals surface area contributed by atoms with Gasteiger partial charge in [0.2, 0.25) is 0 Å². The maximum absolute atomic E-state index is 13.5. The van der Waals surface area contributed by atoms with Crippen LogP contribution in [0.3, 0.4) is 0 Å². The lowest BCUT2D eigenvalue weighted by atomic mass is 10.1. The number of methoxy groups -OCH3 is 1. The van der Waals surface area contributed by atoms with E-state index in [2.05, 4.69) is 0 Å². The lowest BCUT2D eigenvalue weighted by Crippen LogP contribution is -2.39. The number of rotatable bonds is 4. The van der Waals surface area contributed by atoms with Crippen molar-refractivity contribution in [1.29, 1.82) is 0 Å². The highest BCUT2D eigenvalue weighted by atomic mass is 19.1. The van der Waals surface area contributed by atoms with E-state index in [-0.39, 0.29) is 24.0 Å². The predicted molar refractivity (Wildman–Crippen MR) is 67.2 cm³/mol. The predicted octanol–water partition coefficient (Wildman–Crippen LogP) is 2.26. The Kier molecular flexibility index (Phi) is 4.61. The molecule has 104 valence electrons. The van der Waals surface area contributed by atoms with Crippen LogP contribution in [0, 0.1) is 11.6 Å². The Morgan fingerprint density at radius 3 is 2.63 bits per heavy atom. The van der Waals surface area contributed by atoms with Gasteiger partial charge in [0.15, 0.2) is 5.78 Å². The highest BCUT2D eigenvalue weighted by Gasteiger charge is 2.22. The molecule has 0 aromatic heterocycles. The molecule has 5 heteroatoms. The first-order valence-electron chi connectivity index (χ1n) is 6.33. The summed E-state index contributed by atoms with van der Waals surface area (Å²) in [6.45, 7) is 1.68. The van der Waals surface area contributed by atoms with Gasteiger partial charge in [0, 0.05) is 26.3 Å². The molecule has 0 unspecified atom stereocenters. The number of nitrogens with zero attached hydrogens (tertiary/aromatic N) is 1. The van der Waals surface area contributed by atoms with Crippen molar-refractivity contribution in [2.75, 3.05) is 26.7 Å². The number of carbonyl (C=O) groups is 1. The smallest absolute Gasteiger partial charge is 0.179 e. The van der Waals surface area contributed by atoms with E-state index < -0.39 is 11.6 Å². The molecule has 19 heavy (non-hydrogen) atoms. The molecular formula is C14H17F2NO2. The van der Waals surface area contributed by atoms with Crippen LogP contribution in [0.25, 0.3) is 0 Å². The zero-order valence-corrected chi connectivity index (χ0v) is 10.9. The van der Waals surface area contributed by atoms with Crippen molar-refractivity contribution in [2.45, 2.75) is 18.9 Å². The zero-order valence-electron chi connectivity index (χ0n) is 10.9. The Morgan fingerprint density at radius 1 is 1.37 bits per heavy atom. The quantitative estimate of drug-likeness (QED) is 0.785. The molecule has 1 aromatic carbocycles. The van der Waals surface area contributed by atoms with Gasteiger partial charge in [-0.1, -0.05) is 0 Å². The SMILES string of the molecule is COC1CCN(CC(=O)c2ccc(F)cc2F)CC1. The molecule has 1 saturated heterocycles. The second-order valence-electron chi connectivity index (χ2n) is 4.76. The van der Waals surface area contributed by atoms with E-state index in [1.807, 2.05) is 4.90 Å². The number of hydrogen-bond donors (Lipinski definition) is 0. The maximum Gasteiger partial charge on any atom is 0.179 e. The molecule has 0 radical (unpaired) electrons. The van der Waals surface area contributed by atoms with E-state index in [0.29, 0.717) is 0 Å². The van der Waals surface area contributed by atoms with Crippen molar-refractivity contribution in [3.05, 3.63) is 35.4 Å².